The second-order valence-electron chi connectivity index (χ2n) is 6.26. The zero-order valence-electron chi connectivity index (χ0n) is 14.1. The molecule has 3 atom stereocenters. The zero-order chi connectivity index (χ0) is 15.0. The van der Waals surface area contributed by atoms with Gasteiger partial charge in [0.15, 0.2) is 0 Å². The van der Waals surface area contributed by atoms with Gasteiger partial charge in [0.25, 0.3) is 0 Å². The summed E-state index contributed by atoms with van der Waals surface area (Å²) in [6.45, 7) is 21.8. The average Bonchev–Trinajstić information content (AvgIpc) is 2.41. The van der Waals surface area contributed by atoms with E-state index in [0.717, 1.165) is 11.8 Å². The Morgan fingerprint density at radius 3 is 2.00 bits per heavy atom. The fourth-order valence-corrected chi connectivity index (χ4v) is 2.49. The van der Waals surface area contributed by atoms with E-state index in [1.54, 1.807) is 0 Å². The zero-order valence-corrected chi connectivity index (χ0v) is 14.1. The maximum absolute atomic E-state index is 4.28. The van der Waals surface area contributed by atoms with E-state index in [4.69, 9.17) is 0 Å². The average molecular weight is 262 g/mol. The normalized spacial score (nSPS) is 17.4. The van der Waals surface area contributed by atoms with Crippen LogP contribution in [0.25, 0.3) is 0 Å². The Hall–Kier alpha value is -0.780. The van der Waals surface area contributed by atoms with Crippen molar-refractivity contribution in [3.8, 4) is 0 Å². The minimum atomic E-state index is 0.575. The topological polar surface area (TPSA) is 0 Å². The number of allylic oxidation sites excluding steroid dienone is 4. The largest absolute Gasteiger partial charge is 0.0988 e. The van der Waals surface area contributed by atoms with E-state index in [-0.39, 0.29) is 0 Å². The van der Waals surface area contributed by atoms with E-state index in [9.17, 15) is 0 Å². The molecule has 3 unspecified atom stereocenters. The van der Waals surface area contributed by atoms with Crippen molar-refractivity contribution in [3.05, 3.63) is 36.0 Å². The second kappa shape index (κ2) is 9.18. The molecule has 0 heteroatoms. The standard InChI is InChI=1S/C19H34/c1-9-11-15(4)16(5)12-13-17(6)19(8)18(7)14(3)10-2/h10,15-17H,2,8-9,11-13H2,1,3-7H3/b18-14-. The van der Waals surface area contributed by atoms with E-state index in [2.05, 4.69) is 54.7 Å². The van der Waals surface area contributed by atoms with Crippen LogP contribution >= 0.6 is 0 Å². The van der Waals surface area contributed by atoms with Crippen molar-refractivity contribution in [1.82, 2.24) is 0 Å². The molecule has 0 saturated heterocycles. The summed E-state index contributed by atoms with van der Waals surface area (Å²) >= 11 is 0. The molecular formula is C19H34. The maximum atomic E-state index is 4.28. The molecule has 0 spiro atoms. The summed E-state index contributed by atoms with van der Waals surface area (Å²) in [5, 5.41) is 0. The molecule has 0 aromatic rings. The first kappa shape index (κ1) is 18.2. The molecule has 0 aliphatic rings. The van der Waals surface area contributed by atoms with Crippen molar-refractivity contribution in [2.75, 3.05) is 0 Å². The van der Waals surface area contributed by atoms with Crippen molar-refractivity contribution >= 4 is 0 Å². The van der Waals surface area contributed by atoms with Crippen molar-refractivity contribution in [1.29, 1.82) is 0 Å². The van der Waals surface area contributed by atoms with E-state index in [1.807, 2.05) is 6.08 Å². The van der Waals surface area contributed by atoms with Gasteiger partial charge in [0.2, 0.25) is 0 Å². The fourth-order valence-electron chi connectivity index (χ4n) is 2.49. The molecule has 0 radical (unpaired) electrons. The summed E-state index contributed by atoms with van der Waals surface area (Å²) in [5.74, 6) is 2.24. The molecule has 110 valence electrons. The van der Waals surface area contributed by atoms with Crippen LogP contribution < -0.4 is 0 Å². The van der Waals surface area contributed by atoms with Gasteiger partial charge in [0, 0.05) is 0 Å². The minimum absolute atomic E-state index is 0.575. The fraction of sp³-hybridized carbons (Fsp3) is 0.684. The Morgan fingerprint density at radius 1 is 1.00 bits per heavy atom. The lowest BCUT2D eigenvalue weighted by molar-refractivity contribution is 0.322. The molecule has 0 rings (SSSR count). The van der Waals surface area contributed by atoms with Gasteiger partial charge < -0.3 is 0 Å². The summed E-state index contributed by atoms with van der Waals surface area (Å²) in [7, 11) is 0. The molecule has 0 amide bonds. The van der Waals surface area contributed by atoms with Gasteiger partial charge >= 0.3 is 0 Å². The highest BCUT2D eigenvalue weighted by molar-refractivity contribution is 5.36. The third-order valence-corrected chi connectivity index (χ3v) is 4.74. The smallest absolute Gasteiger partial charge is 0.0193 e. The number of rotatable bonds is 9. The van der Waals surface area contributed by atoms with Gasteiger partial charge in [0.05, 0.1) is 0 Å². The number of hydrogen-bond acceptors (Lipinski definition) is 0. The van der Waals surface area contributed by atoms with Crippen LogP contribution in [0.2, 0.25) is 0 Å². The van der Waals surface area contributed by atoms with Crippen LogP contribution in [0.1, 0.15) is 67.2 Å². The molecule has 0 aliphatic heterocycles. The van der Waals surface area contributed by atoms with Crippen molar-refractivity contribution < 1.29 is 0 Å². The van der Waals surface area contributed by atoms with Gasteiger partial charge in [-0.1, -0.05) is 59.8 Å². The van der Waals surface area contributed by atoms with Crippen molar-refractivity contribution in [2.24, 2.45) is 17.8 Å². The Balaban J connectivity index is 4.36. The second-order valence-corrected chi connectivity index (χ2v) is 6.26. The predicted molar refractivity (Wildman–Crippen MR) is 89.3 cm³/mol. The highest BCUT2D eigenvalue weighted by Gasteiger charge is 2.15. The van der Waals surface area contributed by atoms with Crippen LogP contribution in [0.15, 0.2) is 36.0 Å². The van der Waals surface area contributed by atoms with E-state index in [0.29, 0.717) is 5.92 Å². The third-order valence-electron chi connectivity index (χ3n) is 4.74. The van der Waals surface area contributed by atoms with E-state index >= 15 is 0 Å². The highest BCUT2D eigenvalue weighted by atomic mass is 14.2. The van der Waals surface area contributed by atoms with Gasteiger partial charge in [-0.15, -0.1) is 0 Å². The summed E-state index contributed by atoms with van der Waals surface area (Å²) in [6.07, 6.45) is 7.13. The molecule has 0 nitrogen and oxygen atoms in total. The monoisotopic (exact) mass is 262 g/mol. The molecule has 0 heterocycles. The summed E-state index contributed by atoms with van der Waals surface area (Å²) < 4.78 is 0. The van der Waals surface area contributed by atoms with Gasteiger partial charge in [-0.05, 0) is 61.2 Å². The van der Waals surface area contributed by atoms with Gasteiger partial charge in [0.1, 0.15) is 0 Å². The predicted octanol–water partition coefficient (Wildman–Crippen LogP) is 6.55. The quantitative estimate of drug-likeness (QED) is 0.413. The Morgan fingerprint density at radius 2 is 1.53 bits per heavy atom. The van der Waals surface area contributed by atoms with Gasteiger partial charge in [-0.2, -0.15) is 0 Å². The third kappa shape index (κ3) is 6.27. The first-order valence-electron chi connectivity index (χ1n) is 7.84. The SMILES string of the molecule is C=C/C(C)=C(/C)C(=C)C(C)CCC(C)C(C)CCC. The summed E-state index contributed by atoms with van der Waals surface area (Å²) in [4.78, 5) is 0. The Kier molecular flexibility index (Phi) is 8.80. The van der Waals surface area contributed by atoms with E-state index in [1.165, 1.54) is 42.4 Å². The first-order chi connectivity index (χ1) is 8.84. The summed E-state index contributed by atoms with van der Waals surface area (Å²) in [5.41, 5.74) is 3.86. The van der Waals surface area contributed by atoms with Gasteiger partial charge in [-0.25, -0.2) is 0 Å². The Labute approximate surface area is 121 Å². The van der Waals surface area contributed by atoms with Crippen LogP contribution in [0, 0.1) is 17.8 Å². The van der Waals surface area contributed by atoms with Crippen LogP contribution in [0.3, 0.4) is 0 Å². The highest BCUT2D eigenvalue weighted by Crippen LogP contribution is 2.28. The van der Waals surface area contributed by atoms with Crippen LogP contribution in [0.5, 0.6) is 0 Å². The molecule has 0 aromatic carbocycles. The molecule has 0 saturated carbocycles. The van der Waals surface area contributed by atoms with Crippen LogP contribution in [-0.2, 0) is 0 Å². The van der Waals surface area contributed by atoms with Crippen molar-refractivity contribution in [2.45, 2.75) is 67.2 Å². The molecule has 19 heavy (non-hydrogen) atoms. The maximum Gasteiger partial charge on any atom is -0.0193 e. The molecular weight excluding hydrogens is 228 g/mol. The molecule has 0 N–H and O–H groups in total. The minimum Gasteiger partial charge on any atom is -0.0988 e. The lowest BCUT2D eigenvalue weighted by atomic mass is 9.83. The van der Waals surface area contributed by atoms with E-state index < -0.39 is 0 Å². The van der Waals surface area contributed by atoms with Crippen molar-refractivity contribution in [3.63, 3.8) is 0 Å². The molecule has 0 bridgehead atoms. The molecule has 0 aromatic heterocycles. The van der Waals surface area contributed by atoms with Gasteiger partial charge in [-0.3, -0.25) is 0 Å². The van der Waals surface area contributed by atoms with Crippen LogP contribution in [-0.4, -0.2) is 0 Å². The first-order valence-corrected chi connectivity index (χ1v) is 7.84. The number of hydrogen-bond donors (Lipinski definition) is 0. The van der Waals surface area contributed by atoms with Crippen LogP contribution in [0.4, 0.5) is 0 Å². The molecule has 0 aliphatic carbocycles. The molecule has 0 fully saturated rings. The summed E-state index contributed by atoms with van der Waals surface area (Å²) in [6, 6.07) is 0. The Bertz CT molecular complexity index is 319. The lowest BCUT2D eigenvalue weighted by Crippen LogP contribution is -2.10. The lowest BCUT2D eigenvalue weighted by Gasteiger charge is -2.23.